The lowest BCUT2D eigenvalue weighted by Crippen LogP contribution is -2.36. The minimum absolute atomic E-state index is 0.0952. The van der Waals surface area contributed by atoms with Gasteiger partial charge in [-0.3, -0.25) is 9.59 Å². The van der Waals surface area contributed by atoms with Crippen LogP contribution in [0.4, 0.5) is 4.39 Å². The van der Waals surface area contributed by atoms with Crippen LogP contribution in [-0.4, -0.2) is 31.6 Å². The Morgan fingerprint density at radius 3 is 2.56 bits per heavy atom. The van der Waals surface area contributed by atoms with E-state index in [0.29, 0.717) is 24.7 Å². The molecule has 2 N–H and O–H groups in total. The zero-order valence-corrected chi connectivity index (χ0v) is 13.4. The van der Waals surface area contributed by atoms with Crippen LogP contribution in [0.1, 0.15) is 15.9 Å². The molecule has 0 radical (unpaired) electrons. The summed E-state index contributed by atoms with van der Waals surface area (Å²) < 4.78 is 24.4. The van der Waals surface area contributed by atoms with Gasteiger partial charge in [0, 0.05) is 6.54 Å². The van der Waals surface area contributed by atoms with Crippen molar-refractivity contribution in [2.24, 2.45) is 0 Å². The summed E-state index contributed by atoms with van der Waals surface area (Å²) in [5.74, 6) is -0.312. The maximum atomic E-state index is 13.5. The summed E-state index contributed by atoms with van der Waals surface area (Å²) in [7, 11) is 0. The molecule has 1 heterocycles. The number of benzene rings is 2. The highest BCUT2D eigenvalue weighted by Crippen LogP contribution is 2.30. The van der Waals surface area contributed by atoms with E-state index in [2.05, 4.69) is 10.6 Å². The monoisotopic (exact) mass is 344 g/mol. The number of ether oxygens (including phenoxy) is 2. The Balaban J connectivity index is 1.48. The number of fused-ring (bicyclic) bond motifs is 1. The number of carbonyl (C=O) groups is 2. The molecule has 0 aliphatic carbocycles. The largest absolute Gasteiger partial charge is 0.486 e. The average Bonchev–Trinajstić information content (AvgIpc) is 2.64. The smallest absolute Gasteiger partial charge is 0.254 e. The van der Waals surface area contributed by atoms with Gasteiger partial charge in [-0.15, -0.1) is 0 Å². The van der Waals surface area contributed by atoms with Crippen molar-refractivity contribution >= 4 is 11.8 Å². The van der Waals surface area contributed by atoms with Gasteiger partial charge in [-0.1, -0.05) is 18.2 Å². The Morgan fingerprint density at radius 2 is 1.76 bits per heavy atom. The van der Waals surface area contributed by atoms with Crippen molar-refractivity contribution in [3.05, 3.63) is 59.4 Å². The summed E-state index contributed by atoms with van der Waals surface area (Å²) in [4.78, 5) is 23.7. The van der Waals surface area contributed by atoms with E-state index in [4.69, 9.17) is 9.47 Å². The topological polar surface area (TPSA) is 76.7 Å². The Hall–Kier alpha value is -3.09. The minimum Gasteiger partial charge on any atom is -0.486 e. The van der Waals surface area contributed by atoms with Crippen molar-refractivity contribution in [1.82, 2.24) is 10.6 Å². The first kappa shape index (κ1) is 16.8. The van der Waals surface area contributed by atoms with Crippen LogP contribution in [0, 0.1) is 5.82 Å². The van der Waals surface area contributed by atoms with Gasteiger partial charge < -0.3 is 20.1 Å². The molecule has 0 unspecified atom stereocenters. The van der Waals surface area contributed by atoms with Gasteiger partial charge in [0.25, 0.3) is 5.91 Å². The summed E-state index contributed by atoms with van der Waals surface area (Å²) in [5.41, 5.74) is 0.750. The van der Waals surface area contributed by atoms with Crippen molar-refractivity contribution in [3.8, 4) is 11.5 Å². The molecule has 0 bridgehead atoms. The number of hydrogen-bond donors (Lipinski definition) is 2. The second-order valence-corrected chi connectivity index (χ2v) is 5.42. The van der Waals surface area contributed by atoms with Crippen LogP contribution in [0.25, 0.3) is 0 Å². The van der Waals surface area contributed by atoms with E-state index in [9.17, 15) is 14.0 Å². The van der Waals surface area contributed by atoms with Gasteiger partial charge in [-0.2, -0.15) is 0 Å². The van der Waals surface area contributed by atoms with Crippen LogP contribution in [0.5, 0.6) is 11.5 Å². The highest BCUT2D eigenvalue weighted by Gasteiger charge is 2.13. The first-order chi connectivity index (χ1) is 12.1. The lowest BCUT2D eigenvalue weighted by atomic mass is 10.2. The molecule has 25 heavy (non-hydrogen) atoms. The number of nitrogens with one attached hydrogen (secondary N) is 2. The summed E-state index contributed by atoms with van der Waals surface area (Å²) in [6.07, 6.45) is 0. The second-order valence-electron chi connectivity index (χ2n) is 5.42. The zero-order chi connectivity index (χ0) is 17.6. The Bertz CT molecular complexity index is 794. The SMILES string of the molecule is O=C(CNC(=O)c1ccccc1F)NCc1ccc2c(c1)OCCO2. The number of hydrogen-bond acceptors (Lipinski definition) is 4. The summed E-state index contributed by atoms with van der Waals surface area (Å²) >= 11 is 0. The molecule has 1 aliphatic heterocycles. The molecule has 0 spiro atoms. The fourth-order valence-electron chi connectivity index (χ4n) is 2.36. The molecule has 130 valence electrons. The maximum Gasteiger partial charge on any atom is 0.254 e. The van der Waals surface area contributed by atoms with Crippen LogP contribution >= 0.6 is 0 Å². The van der Waals surface area contributed by atoms with Crippen LogP contribution < -0.4 is 20.1 Å². The van der Waals surface area contributed by atoms with Gasteiger partial charge in [0.05, 0.1) is 12.1 Å². The molecule has 0 aromatic heterocycles. The highest BCUT2D eigenvalue weighted by atomic mass is 19.1. The third kappa shape index (κ3) is 4.26. The molecule has 6 nitrogen and oxygen atoms in total. The van der Waals surface area contributed by atoms with Crippen LogP contribution in [-0.2, 0) is 11.3 Å². The van der Waals surface area contributed by atoms with Crippen LogP contribution in [0.3, 0.4) is 0 Å². The van der Waals surface area contributed by atoms with Gasteiger partial charge in [0.2, 0.25) is 5.91 Å². The number of amides is 2. The molecule has 0 atom stereocenters. The van der Waals surface area contributed by atoms with E-state index in [1.165, 1.54) is 18.2 Å². The van der Waals surface area contributed by atoms with E-state index in [1.54, 1.807) is 18.2 Å². The third-order valence-electron chi connectivity index (χ3n) is 3.62. The fourth-order valence-corrected chi connectivity index (χ4v) is 2.36. The lowest BCUT2D eigenvalue weighted by molar-refractivity contribution is -0.120. The molecule has 1 aliphatic rings. The average molecular weight is 344 g/mol. The van der Waals surface area contributed by atoms with E-state index in [1.807, 2.05) is 6.07 Å². The number of carbonyl (C=O) groups excluding carboxylic acids is 2. The molecule has 0 saturated heterocycles. The Kier molecular flexibility index (Phi) is 5.13. The molecule has 7 heteroatoms. The van der Waals surface area contributed by atoms with Crippen molar-refractivity contribution in [1.29, 1.82) is 0 Å². The number of halogens is 1. The van der Waals surface area contributed by atoms with Gasteiger partial charge in [0.1, 0.15) is 19.0 Å². The van der Waals surface area contributed by atoms with E-state index in [-0.39, 0.29) is 24.6 Å². The van der Waals surface area contributed by atoms with Gasteiger partial charge in [-0.25, -0.2) is 4.39 Å². The van der Waals surface area contributed by atoms with E-state index in [0.717, 1.165) is 5.56 Å². The lowest BCUT2D eigenvalue weighted by Gasteiger charge is -2.19. The van der Waals surface area contributed by atoms with Crippen LogP contribution in [0.15, 0.2) is 42.5 Å². The van der Waals surface area contributed by atoms with Gasteiger partial charge in [-0.05, 0) is 29.8 Å². The molecular weight excluding hydrogens is 327 g/mol. The Morgan fingerprint density at radius 1 is 1.00 bits per heavy atom. The molecule has 0 fully saturated rings. The van der Waals surface area contributed by atoms with E-state index >= 15 is 0 Å². The third-order valence-corrected chi connectivity index (χ3v) is 3.62. The van der Waals surface area contributed by atoms with Crippen molar-refractivity contribution in [2.45, 2.75) is 6.54 Å². The van der Waals surface area contributed by atoms with Crippen molar-refractivity contribution in [2.75, 3.05) is 19.8 Å². The molecule has 2 aromatic rings. The summed E-state index contributed by atoms with van der Waals surface area (Å²) in [5, 5.41) is 5.07. The zero-order valence-electron chi connectivity index (χ0n) is 13.4. The maximum absolute atomic E-state index is 13.5. The normalized spacial score (nSPS) is 12.4. The standard InChI is InChI=1S/C18H17FN2O4/c19-14-4-2-1-3-13(14)18(23)21-11-17(22)20-10-12-5-6-15-16(9-12)25-8-7-24-15/h1-6,9H,7-8,10-11H2,(H,20,22)(H,21,23). The molecule has 3 rings (SSSR count). The molecule has 2 amide bonds. The van der Waals surface area contributed by atoms with E-state index < -0.39 is 11.7 Å². The second kappa shape index (κ2) is 7.65. The van der Waals surface area contributed by atoms with Crippen molar-refractivity contribution < 1.29 is 23.5 Å². The quantitative estimate of drug-likeness (QED) is 0.865. The highest BCUT2D eigenvalue weighted by molar-refractivity contribution is 5.96. The predicted molar refractivity (Wildman–Crippen MR) is 88.0 cm³/mol. The van der Waals surface area contributed by atoms with Crippen molar-refractivity contribution in [3.63, 3.8) is 0 Å². The first-order valence-electron chi connectivity index (χ1n) is 7.81. The molecule has 0 saturated carbocycles. The van der Waals surface area contributed by atoms with Gasteiger partial charge in [0.15, 0.2) is 11.5 Å². The fraction of sp³-hybridized carbons (Fsp3) is 0.222. The molecule has 2 aromatic carbocycles. The predicted octanol–water partition coefficient (Wildman–Crippen LogP) is 1.64. The minimum atomic E-state index is -0.632. The molecular formula is C18H17FN2O4. The number of rotatable bonds is 5. The van der Waals surface area contributed by atoms with Crippen LogP contribution in [0.2, 0.25) is 0 Å². The summed E-state index contributed by atoms with van der Waals surface area (Å²) in [6, 6.07) is 11.0. The first-order valence-corrected chi connectivity index (χ1v) is 7.81. The van der Waals surface area contributed by atoms with Gasteiger partial charge >= 0.3 is 0 Å². The Labute approximate surface area is 143 Å². The summed E-state index contributed by atoms with van der Waals surface area (Å²) in [6.45, 7) is 1.05.